The first kappa shape index (κ1) is 14.9. The molecule has 1 aliphatic rings. The van der Waals surface area contributed by atoms with Crippen LogP contribution in [0.1, 0.15) is 33.6 Å². The predicted molar refractivity (Wildman–Crippen MR) is 65.6 cm³/mol. The Morgan fingerprint density at radius 2 is 1.89 bits per heavy atom. The van der Waals surface area contributed by atoms with Crippen molar-refractivity contribution in [2.45, 2.75) is 51.3 Å². The van der Waals surface area contributed by atoms with Crippen LogP contribution in [-0.4, -0.2) is 46.3 Å². The van der Waals surface area contributed by atoms with Gasteiger partial charge in [-0.15, -0.1) is 0 Å². The highest BCUT2D eigenvalue weighted by Crippen LogP contribution is 2.16. The van der Waals surface area contributed by atoms with E-state index in [0.29, 0.717) is 6.42 Å². The standard InChI is InChI=1S/C12H22N2O4/c1-7(4-5-15)9-11(17)13-8(10(16)14-9)6-12(2,3)18/h7-9,15,18H,4-6H2,1-3H3,(H,13,17)(H,14,16)/t7-,8-,9-/m0/s1. The zero-order chi connectivity index (χ0) is 13.9. The highest BCUT2D eigenvalue weighted by Gasteiger charge is 2.38. The van der Waals surface area contributed by atoms with Crippen molar-refractivity contribution in [2.75, 3.05) is 6.61 Å². The number of aliphatic hydroxyl groups is 2. The van der Waals surface area contributed by atoms with Gasteiger partial charge in [-0.1, -0.05) is 6.92 Å². The SMILES string of the molecule is C[C@@H](CCO)[C@@H]1NC(=O)[C@H](CC(C)(C)O)NC1=O. The topological polar surface area (TPSA) is 98.7 Å². The number of carbonyl (C=O) groups excluding carboxylic acids is 2. The molecule has 0 aromatic heterocycles. The molecule has 0 bridgehead atoms. The fraction of sp³-hybridized carbons (Fsp3) is 0.833. The Labute approximate surface area is 107 Å². The number of aliphatic hydroxyl groups excluding tert-OH is 1. The maximum atomic E-state index is 11.9. The van der Waals surface area contributed by atoms with Gasteiger partial charge in [0.15, 0.2) is 0 Å². The van der Waals surface area contributed by atoms with Crippen molar-refractivity contribution in [3.8, 4) is 0 Å². The second-order valence-electron chi connectivity index (χ2n) is 5.55. The lowest BCUT2D eigenvalue weighted by atomic mass is 9.92. The number of carbonyl (C=O) groups is 2. The van der Waals surface area contributed by atoms with Gasteiger partial charge in [-0.3, -0.25) is 9.59 Å². The molecule has 0 spiro atoms. The summed E-state index contributed by atoms with van der Waals surface area (Å²) in [6.45, 7) is 4.96. The quantitative estimate of drug-likeness (QED) is 0.516. The largest absolute Gasteiger partial charge is 0.396 e. The van der Waals surface area contributed by atoms with E-state index in [4.69, 9.17) is 5.11 Å². The number of amides is 2. The molecule has 0 radical (unpaired) electrons. The van der Waals surface area contributed by atoms with E-state index in [1.54, 1.807) is 20.8 Å². The molecule has 1 heterocycles. The van der Waals surface area contributed by atoms with Crippen LogP contribution in [0.5, 0.6) is 0 Å². The van der Waals surface area contributed by atoms with E-state index < -0.39 is 17.7 Å². The van der Waals surface area contributed by atoms with E-state index in [0.717, 1.165) is 0 Å². The molecule has 0 unspecified atom stereocenters. The zero-order valence-electron chi connectivity index (χ0n) is 11.1. The number of rotatable bonds is 5. The van der Waals surface area contributed by atoms with Crippen molar-refractivity contribution in [3.63, 3.8) is 0 Å². The molecule has 0 aromatic rings. The molecule has 6 nitrogen and oxygen atoms in total. The zero-order valence-corrected chi connectivity index (χ0v) is 11.1. The van der Waals surface area contributed by atoms with Crippen molar-refractivity contribution in [1.29, 1.82) is 0 Å². The van der Waals surface area contributed by atoms with E-state index in [-0.39, 0.29) is 30.8 Å². The summed E-state index contributed by atoms with van der Waals surface area (Å²) in [5.74, 6) is -0.668. The molecule has 2 amide bonds. The van der Waals surface area contributed by atoms with Crippen LogP contribution in [0, 0.1) is 5.92 Å². The van der Waals surface area contributed by atoms with Crippen LogP contribution >= 0.6 is 0 Å². The summed E-state index contributed by atoms with van der Waals surface area (Å²) in [4.78, 5) is 23.7. The lowest BCUT2D eigenvalue weighted by Gasteiger charge is -2.34. The van der Waals surface area contributed by atoms with Crippen molar-refractivity contribution < 1.29 is 19.8 Å². The molecule has 0 saturated carbocycles. The fourth-order valence-corrected chi connectivity index (χ4v) is 2.06. The molecule has 1 rings (SSSR count). The van der Waals surface area contributed by atoms with E-state index in [9.17, 15) is 14.7 Å². The van der Waals surface area contributed by atoms with Crippen molar-refractivity contribution >= 4 is 11.8 Å². The first-order valence-corrected chi connectivity index (χ1v) is 6.18. The van der Waals surface area contributed by atoms with E-state index >= 15 is 0 Å². The van der Waals surface area contributed by atoms with Gasteiger partial charge in [-0.2, -0.15) is 0 Å². The fourth-order valence-electron chi connectivity index (χ4n) is 2.06. The molecule has 0 aromatic carbocycles. The summed E-state index contributed by atoms with van der Waals surface area (Å²) in [5.41, 5.74) is -1.02. The highest BCUT2D eigenvalue weighted by atomic mass is 16.3. The smallest absolute Gasteiger partial charge is 0.243 e. The summed E-state index contributed by atoms with van der Waals surface area (Å²) in [6, 6.07) is -1.31. The molecule has 1 fully saturated rings. The molecule has 1 aliphatic heterocycles. The van der Waals surface area contributed by atoms with Gasteiger partial charge in [0.25, 0.3) is 0 Å². The maximum absolute atomic E-state index is 11.9. The van der Waals surface area contributed by atoms with Crippen LogP contribution in [0.25, 0.3) is 0 Å². The third-order valence-electron chi connectivity index (χ3n) is 3.07. The van der Waals surface area contributed by atoms with Gasteiger partial charge in [0, 0.05) is 13.0 Å². The Bertz CT molecular complexity index is 325. The minimum atomic E-state index is -1.02. The van der Waals surface area contributed by atoms with Gasteiger partial charge >= 0.3 is 0 Å². The molecule has 6 heteroatoms. The van der Waals surface area contributed by atoms with Crippen molar-refractivity contribution in [2.24, 2.45) is 5.92 Å². The molecule has 4 N–H and O–H groups in total. The Morgan fingerprint density at radius 1 is 1.28 bits per heavy atom. The average molecular weight is 258 g/mol. The van der Waals surface area contributed by atoms with Crippen LogP contribution in [-0.2, 0) is 9.59 Å². The predicted octanol–water partition coefficient (Wildman–Crippen LogP) is -0.851. The molecular weight excluding hydrogens is 236 g/mol. The van der Waals surface area contributed by atoms with Crippen molar-refractivity contribution in [1.82, 2.24) is 10.6 Å². The molecule has 1 saturated heterocycles. The van der Waals surface area contributed by atoms with Gasteiger partial charge in [0.2, 0.25) is 11.8 Å². The molecule has 3 atom stereocenters. The highest BCUT2D eigenvalue weighted by molar-refractivity contribution is 5.97. The first-order chi connectivity index (χ1) is 8.24. The second-order valence-corrected chi connectivity index (χ2v) is 5.55. The molecule has 104 valence electrons. The molecular formula is C12H22N2O4. The normalized spacial score (nSPS) is 26.5. The first-order valence-electron chi connectivity index (χ1n) is 6.18. The number of hydrogen-bond donors (Lipinski definition) is 4. The Kier molecular flexibility index (Phi) is 4.70. The van der Waals surface area contributed by atoms with Gasteiger partial charge in [0.05, 0.1) is 5.60 Å². The van der Waals surface area contributed by atoms with Crippen LogP contribution in [0.3, 0.4) is 0 Å². The lowest BCUT2D eigenvalue weighted by molar-refractivity contribution is -0.139. The summed E-state index contributed by atoms with van der Waals surface area (Å²) in [5, 5.41) is 23.8. The molecule has 18 heavy (non-hydrogen) atoms. The van der Waals surface area contributed by atoms with Gasteiger partial charge in [-0.05, 0) is 26.2 Å². The summed E-state index contributed by atoms with van der Waals surface area (Å²) in [6.07, 6.45) is 0.625. The number of piperazine rings is 1. The molecule has 0 aliphatic carbocycles. The summed E-state index contributed by atoms with van der Waals surface area (Å²) >= 11 is 0. The van der Waals surface area contributed by atoms with E-state index in [1.165, 1.54) is 0 Å². The van der Waals surface area contributed by atoms with Crippen LogP contribution in [0.2, 0.25) is 0 Å². The third-order valence-corrected chi connectivity index (χ3v) is 3.07. The van der Waals surface area contributed by atoms with Crippen LogP contribution in [0.15, 0.2) is 0 Å². The van der Waals surface area contributed by atoms with Crippen LogP contribution < -0.4 is 10.6 Å². The van der Waals surface area contributed by atoms with Crippen LogP contribution in [0.4, 0.5) is 0 Å². The maximum Gasteiger partial charge on any atom is 0.243 e. The summed E-state index contributed by atoms with van der Waals surface area (Å²) in [7, 11) is 0. The van der Waals surface area contributed by atoms with Crippen molar-refractivity contribution in [3.05, 3.63) is 0 Å². The Hall–Kier alpha value is -1.14. The Balaban J connectivity index is 2.65. The third kappa shape index (κ3) is 3.96. The van der Waals surface area contributed by atoms with E-state index in [1.807, 2.05) is 0 Å². The number of hydrogen-bond acceptors (Lipinski definition) is 4. The Morgan fingerprint density at radius 3 is 2.39 bits per heavy atom. The van der Waals surface area contributed by atoms with Gasteiger partial charge in [0.1, 0.15) is 12.1 Å². The minimum Gasteiger partial charge on any atom is -0.396 e. The summed E-state index contributed by atoms with van der Waals surface area (Å²) < 4.78 is 0. The monoisotopic (exact) mass is 258 g/mol. The second kappa shape index (κ2) is 5.67. The van der Waals surface area contributed by atoms with Gasteiger partial charge in [-0.25, -0.2) is 0 Å². The average Bonchev–Trinajstić information content (AvgIpc) is 2.21. The minimum absolute atomic E-state index is 0.0199. The van der Waals surface area contributed by atoms with Gasteiger partial charge < -0.3 is 20.8 Å². The lowest BCUT2D eigenvalue weighted by Crippen LogP contribution is -2.64. The van der Waals surface area contributed by atoms with E-state index in [2.05, 4.69) is 10.6 Å². The number of nitrogens with one attached hydrogen (secondary N) is 2.